The van der Waals surface area contributed by atoms with Gasteiger partial charge in [-0.3, -0.25) is 4.57 Å². The lowest BCUT2D eigenvalue weighted by Gasteiger charge is -2.25. The van der Waals surface area contributed by atoms with Crippen LogP contribution in [0.3, 0.4) is 0 Å². The molecular formula is C11H28O3P6. The van der Waals surface area contributed by atoms with Gasteiger partial charge in [0.2, 0.25) is 7.37 Å². The average molecular weight is 394 g/mol. The largest absolute Gasteiger partial charge is 0.393 e. The molecule has 3 nitrogen and oxygen atoms in total. The minimum atomic E-state index is -3.16. The van der Waals surface area contributed by atoms with Crippen molar-refractivity contribution in [1.82, 2.24) is 0 Å². The Balaban J connectivity index is 2.31. The van der Waals surface area contributed by atoms with E-state index in [-0.39, 0.29) is 20.4 Å². The van der Waals surface area contributed by atoms with Gasteiger partial charge < -0.3 is 10.00 Å². The predicted molar refractivity (Wildman–Crippen MR) is 105 cm³/mol. The third-order valence-electron chi connectivity index (χ3n) is 3.75. The van der Waals surface area contributed by atoms with Crippen LogP contribution in [0.4, 0.5) is 0 Å². The monoisotopic (exact) mass is 394 g/mol. The van der Waals surface area contributed by atoms with Crippen LogP contribution in [0.2, 0.25) is 0 Å². The van der Waals surface area contributed by atoms with Gasteiger partial charge in [-0.15, -0.1) is 26.8 Å². The van der Waals surface area contributed by atoms with E-state index < -0.39 is 13.5 Å². The fourth-order valence-electron chi connectivity index (χ4n) is 2.67. The first-order valence-electron chi connectivity index (χ1n) is 7.11. The lowest BCUT2D eigenvalue weighted by molar-refractivity contribution is 0.190. The van der Waals surface area contributed by atoms with Crippen LogP contribution in [-0.2, 0) is 4.57 Å². The van der Waals surface area contributed by atoms with Gasteiger partial charge in [0, 0.05) is 6.16 Å². The summed E-state index contributed by atoms with van der Waals surface area (Å²) in [5, 5.41) is 10.0. The van der Waals surface area contributed by atoms with Crippen molar-refractivity contribution in [1.29, 1.82) is 0 Å². The van der Waals surface area contributed by atoms with E-state index in [1.165, 1.54) is 19.3 Å². The Morgan fingerprint density at radius 1 is 1.20 bits per heavy atom. The Labute approximate surface area is 132 Å². The topological polar surface area (TPSA) is 57.5 Å². The third kappa shape index (κ3) is 8.81. The van der Waals surface area contributed by atoms with Gasteiger partial charge in [0.05, 0.1) is 12.3 Å². The van der Waals surface area contributed by atoms with E-state index >= 15 is 0 Å². The molecule has 0 aromatic rings. The molecule has 9 heteroatoms. The molecule has 1 aliphatic rings. The van der Waals surface area contributed by atoms with Gasteiger partial charge >= 0.3 is 0 Å². The maximum Gasteiger partial charge on any atom is 0.203 e. The highest BCUT2D eigenvalue weighted by atomic mass is 32.8. The van der Waals surface area contributed by atoms with Crippen LogP contribution < -0.4 is 0 Å². The molecule has 0 aromatic carbocycles. The van der Waals surface area contributed by atoms with Crippen molar-refractivity contribution in [3.05, 3.63) is 0 Å². The van der Waals surface area contributed by atoms with E-state index in [2.05, 4.69) is 26.8 Å². The van der Waals surface area contributed by atoms with Crippen LogP contribution in [0, 0.1) is 5.92 Å². The fourth-order valence-corrected chi connectivity index (χ4v) is 9.19. The summed E-state index contributed by atoms with van der Waals surface area (Å²) in [7, 11) is 5.18. The predicted octanol–water partition coefficient (Wildman–Crippen LogP) is 4.84. The summed E-state index contributed by atoms with van der Waals surface area (Å²) in [6.07, 6.45) is 7.29. The van der Waals surface area contributed by atoms with Crippen LogP contribution in [-0.4, -0.2) is 34.6 Å². The molecule has 5 unspecified atom stereocenters. The number of hydrogen-bond acceptors (Lipinski definition) is 2. The maximum atomic E-state index is 12.3. The lowest BCUT2D eigenvalue weighted by Crippen LogP contribution is -2.18. The van der Waals surface area contributed by atoms with E-state index in [0.29, 0.717) is 18.5 Å². The molecule has 0 radical (unpaired) electrons. The van der Waals surface area contributed by atoms with Crippen molar-refractivity contribution in [3.8, 4) is 0 Å². The Bertz CT molecular complexity index is 321. The number of aliphatic hydroxyl groups excluding tert-OH is 1. The third-order valence-corrected chi connectivity index (χ3v) is 22.8. The summed E-state index contributed by atoms with van der Waals surface area (Å²) in [5.74, 6) is 0.401. The zero-order chi connectivity index (χ0) is 15.2. The molecule has 2 N–H and O–H groups in total. The zero-order valence-corrected chi connectivity index (χ0v) is 18.0. The van der Waals surface area contributed by atoms with Crippen molar-refractivity contribution < 1.29 is 14.6 Å². The summed E-state index contributed by atoms with van der Waals surface area (Å²) < 4.78 is 12.3. The molecule has 0 amide bonds. The number of aliphatic hydroxyl groups is 1. The van der Waals surface area contributed by atoms with Gasteiger partial charge in [-0.2, -0.15) is 0 Å². The quantitative estimate of drug-likeness (QED) is 0.580. The van der Waals surface area contributed by atoms with E-state index in [1.54, 1.807) is 0 Å². The van der Waals surface area contributed by atoms with Crippen molar-refractivity contribution in [2.75, 3.05) is 18.5 Å². The van der Waals surface area contributed by atoms with Crippen LogP contribution in [0.1, 0.15) is 38.5 Å². The Morgan fingerprint density at radius 2 is 1.80 bits per heavy atom. The summed E-state index contributed by atoms with van der Waals surface area (Å²) in [6.45, 7) is -0.121. The Kier molecular flexibility index (Phi) is 10.4. The molecule has 1 rings (SSSR count). The molecule has 1 saturated carbocycles. The molecule has 0 aromatic heterocycles. The molecule has 0 heterocycles. The molecule has 20 heavy (non-hydrogen) atoms. The zero-order valence-electron chi connectivity index (χ0n) is 11.9. The van der Waals surface area contributed by atoms with Crippen molar-refractivity contribution >= 4 is 48.4 Å². The molecule has 1 aliphatic carbocycles. The summed E-state index contributed by atoms with van der Waals surface area (Å²) in [4.78, 5) is 10.1. The van der Waals surface area contributed by atoms with Gasteiger partial charge in [0.15, 0.2) is 0 Å². The van der Waals surface area contributed by atoms with Gasteiger partial charge in [-0.1, -0.05) is 26.6 Å². The first kappa shape index (κ1) is 20.3. The lowest BCUT2D eigenvalue weighted by atomic mass is 9.91. The first-order chi connectivity index (χ1) is 9.30. The molecule has 0 bridgehead atoms. The van der Waals surface area contributed by atoms with Crippen LogP contribution in [0.5, 0.6) is 0 Å². The SMILES string of the molecule is O=P(O)(CC1CCCCC1)C[C@H](O)CCP(P)P(P)P. The first-order valence-corrected chi connectivity index (χ1v) is 17.6. The highest BCUT2D eigenvalue weighted by Gasteiger charge is 2.28. The van der Waals surface area contributed by atoms with Crippen LogP contribution in [0.15, 0.2) is 0 Å². The summed E-state index contributed by atoms with van der Waals surface area (Å²) in [5.41, 5.74) is 0. The Morgan fingerprint density at radius 3 is 2.35 bits per heavy atom. The van der Waals surface area contributed by atoms with Gasteiger partial charge in [0.1, 0.15) is 0 Å². The minimum absolute atomic E-state index is 0.0863. The molecule has 0 aliphatic heterocycles. The Hall–Kier alpha value is 2.30. The molecule has 1 fully saturated rings. The average Bonchev–Trinajstić information content (AvgIpc) is 2.35. The van der Waals surface area contributed by atoms with E-state index in [4.69, 9.17) is 0 Å². The molecule has 120 valence electrons. The summed E-state index contributed by atoms with van der Waals surface area (Å²) >= 11 is 0. The molecule has 0 spiro atoms. The normalized spacial score (nSPS) is 23.5. The second-order valence-electron chi connectivity index (χ2n) is 5.70. The van der Waals surface area contributed by atoms with E-state index in [1.807, 2.05) is 0 Å². The minimum Gasteiger partial charge on any atom is -0.393 e. The fraction of sp³-hybridized carbons (Fsp3) is 1.00. The van der Waals surface area contributed by atoms with Gasteiger partial charge in [-0.25, -0.2) is 0 Å². The number of hydrogen-bond donors (Lipinski definition) is 2. The van der Waals surface area contributed by atoms with Crippen LogP contribution in [0.25, 0.3) is 0 Å². The van der Waals surface area contributed by atoms with Crippen LogP contribution >= 0.6 is 48.4 Å². The maximum absolute atomic E-state index is 12.3. The van der Waals surface area contributed by atoms with Crippen molar-refractivity contribution in [2.45, 2.75) is 44.6 Å². The molecule has 6 atom stereocenters. The molecular weight excluding hydrogens is 366 g/mol. The van der Waals surface area contributed by atoms with Gasteiger partial charge in [0.25, 0.3) is 0 Å². The second-order valence-corrected chi connectivity index (χ2v) is 24.0. The highest BCUT2D eigenvalue weighted by Crippen LogP contribution is 2.83. The molecule has 0 saturated heterocycles. The summed E-state index contributed by atoms with van der Waals surface area (Å²) in [6, 6.07) is 0. The number of rotatable bonds is 8. The highest BCUT2D eigenvalue weighted by molar-refractivity contribution is 8.82. The van der Waals surface area contributed by atoms with Crippen molar-refractivity contribution in [3.63, 3.8) is 0 Å². The standard InChI is InChI=1S/C11H28O3P6/c12-11(6-7-18(15)19(16)17)9-20(13,14)8-10-4-2-1-3-5-10/h10-12H,1-9,15-17H2,(H,13,14)/t11-,18?/m1/s1. The van der Waals surface area contributed by atoms with E-state index in [9.17, 15) is 14.6 Å². The second kappa shape index (κ2) is 10.2. The van der Waals surface area contributed by atoms with Gasteiger partial charge in [-0.05, 0) is 38.3 Å². The van der Waals surface area contributed by atoms with E-state index in [0.717, 1.165) is 19.0 Å². The van der Waals surface area contributed by atoms with Crippen molar-refractivity contribution in [2.24, 2.45) is 5.92 Å². The smallest absolute Gasteiger partial charge is 0.203 e.